The summed E-state index contributed by atoms with van der Waals surface area (Å²) in [6.07, 6.45) is 5.44. The first-order valence-corrected chi connectivity index (χ1v) is 17.3. The van der Waals surface area contributed by atoms with E-state index in [2.05, 4.69) is 21.9 Å². The first-order valence-electron chi connectivity index (χ1n) is 17.3. The van der Waals surface area contributed by atoms with Crippen LogP contribution in [0.25, 0.3) is 0 Å². The monoisotopic (exact) mass is 773 g/mol. The predicted octanol–water partition coefficient (Wildman–Crippen LogP) is 8.34. The molecule has 286 valence electrons. The number of rotatable bonds is 13. The Balaban J connectivity index is 1.20. The Hall–Kier alpha value is -8.50. The van der Waals surface area contributed by atoms with Crippen molar-refractivity contribution in [1.29, 1.82) is 0 Å². The van der Waals surface area contributed by atoms with Crippen LogP contribution in [-0.2, 0) is 4.79 Å². The largest absolute Gasteiger partial charge is 0.478 e. The lowest BCUT2D eigenvalue weighted by Crippen LogP contribution is -2.19. The van der Waals surface area contributed by atoms with Crippen molar-refractivity contribution in [3.63, 3.8) is 0 Å². The number of carboxylic acid groups (broad SMARTS) is 2. The highest BCUT2D eigenvalue weighted by molar-refractivity contribution is 6.17. The molecule has 0 unspecified atom stereocenters. The van der Waals surface area contributed by atoms with E-state index in [9.17, 15) is 39.0 Å². The zero-order valence-electron chi connectivity index (χ0n) is 30.4. The Morgan fingerprint density at radius 1 is 0.500 bits per heavy atom. The van der Waals surface area contributed by atoms with Gasteiger partial charge < -0.3 is 35.6 Å². The number of ketones is 1. The number of carbonyl (C=O) groups excluding carboxylic acids is 4. The van der Waals surface area contributed by atoms with Crippen molar-refractivity contribution in [2.24, 2.45) is 0 Å². The van der Waals surface area contributed by atoms with E-state index >= 15 is 0 Å². The molecule has 0 spiro atoms. The van der Waals surface area contributed by atoms with Crippen LogP contribution in [-0.4, -0.2) is 45.7 Å². The van der Waals surface area contributed by atoms with Crippen molar-refractivity contribution in [1.82, 2.24) is 0 Å². The number of hydrogen-bond donors (Lipinski definition) is 5. The quantitative estimate of drug-likeness (QED) is 0.0562. The first-order chi connectivity index (χ1) is 27.9. The third-order valence-electron chi connectivity index (χ3n) is 8.32. The summed E-state index contributed by atoms with van der Waals surface area (Å²) >= 11 is 0. The van der Waals surface area contributed by atoms with E-state index in [1.807, 2.05) is 0 Å². The van der Waals surface area contributed by atoms with Gasteiger partial charge in [0.1, 0.15) is 23.0 Å². The van der Waals surface area contributed by atoms with E-state index in [1.54, 1.807) is 84.9 Å². The lowest BCUT2D eigenvalue weighted by molar-refractivity contribution is -0.114. The second kappa shape index (κ2) is 17.3. The Morgan fingerprint density at radius 2 is 0.914 bits per heavy atom. The number of ether oxygens (including phenoxy) is 2. The van der Waals surface area contributed by atoms with Gasteiger partial charge in [-0.25, -0.2) is 9.59 Å². The molecule has 0 aliphatic heterocycles. The standard InChI is InChI=1S/C45H31N3O10/c1-3-27-8-4-9-30(20-27)47-42(51)39-21-28(16-18-37(39)44(53)54)41(50)29-17-19-38(45(55)56)40(22-29)43(52)48-32-11-6-13-34(24-32)58-36-15-7-14-35(25-36)57-33-12-5-10-31(23-33)46-26(2)49/h1,4-25H,2H3,(H,46,49)(H,47,51)(H,48,52)(H,53,54)(H,55,56). The molecule has 0 fully saturated rings. The molecule has 0 heterocycles. The fourth-order valence-corrected chi connectivity index (χ4v) is 5.72. The summed E-state index contributed by atoms with van der Waals surface area (Å²) in [5, 5.41) is 27.6. The van der Waals surface area contributed by atoms with Gasteiger partial charge >= 0.3 is 11.9 Å². The van der Waals surface area contributed by atoms with Crippen molar-refractivity contribution in [3.05, 3.63) is 172 Å². The van der Waals surface area contributed by atoms with Gasteiger partial charge in [-0.3, -0.25) is 19.2 Å². The molecule has 0 saturated carbocycles. The molecule has 0 bridgehead atoms. The average Bonchev–Trinajstić information content (AvgIpc) is 3.20. The van der Waals surface area contributed by atoms with Gasteiger partial charge in [-0.1, -0.05) is 42.3 Å². The SMILES string of the molecule is C#Cc1cccc(NC(=O)c2cc(C(=O)c3ccc(C(=O)O)c(C(=O)Nc4cccc(Oc5cccc(Oc6cccc(NC(C)=O)c6)c5)c4)c3)ccc2C(=O)O)c1. The van der Waals surface area contributed by atoms with Crippen molar-refractivity contribution < 1.29 is 48.5 Å². The third kappa shape index (κ3) is 9.59. The fraction of sp³-hybridized carbons (Fsp3) is 0.0222. The highest BCUT2D eigenvalue weighted by atomic mass is 16.5. The number of aromatic carboxylic acids is 2. The zero-order chi connectivity index (χ0) is 41.3. The summed E-state index contributed by atoms with van der Waals surface area (Å²) < 4.78 is 12.0. The molecular weight excluding hydrogens is 743 g/mol. The molecule has 13 nitrogen and oxygen atoms in total. The van der Waals surface area contributed by atoms with Crippen LogP contribution in [0, 0.1) is 12.3 Å². The predicted molar refractivity (Wildman–Crippen MR) is 214 cm³/mol. The van der Waals surface area contributed by atoms with Gasteiger partial charge in [-0.15, -0.1) is 6.42 Å². The summed E-state index contributed by atoms with van der Waals surface area (Å²) in [5.74, 6) is -1.36. The van der Waals surface area contributed by atoms with E-state index < -0.39 is 35.1 Å². The number of hydrogen-bond acceptors (Lipinski definition) is 8. The number of carbonyl (C=O) groups is 6. The highest BCUT2D eigenvalue weighted by Gasteiger charge is 2.23. The van der Waals surface area contributed by atoms with Gasteiger partial charge in [0.25, 0.3) is 11.8 Å². The number of terminal acetylenes is 1. The molecule has 0 aliphatic carbocycles. The van der Waals surface area contributed by atoms with E-state index in [0.717, 1.165) is 24.3 Å². The molecule has 6 aromatic carbocycles. The van der Waals surface area contributed by atoms with Crippen LogP contribution in [0.2, 0.25) is 0 Å². The third-order valence-corrected chi connectivity index (χ3v) is 8.32. The minimum atomic E-state index is -1.43. The Kier molecular flexibility index (Phi) is 11.7. The molecule has 13 heteroatoms. The second-order valence-corrected chi connectivity index (χ2v) is 12.5. The van der Waals surface area contributed by atoms with Crippen LogP contribution in [0.5, 0.6) is 23.0 Å². The summed E-state index contributed by atoms with van der Waals surface area (Å²) in [4.78, 5) is 76.2. The molecule has 3 amide bonds. The van der Waals surface area contributed by atoms with Gasteiger partial charge in [-0.2, -0.15) is 0 Å². The van der Waals surface area contributed by atoms with Crippen molar-refractivity contribution in [3.8, 4) is 35.3 Å². The molecule has 0 saturated heterocycles. The fourth-order valence-electron chi connectivity index (χ4n) is 5.72. The van der Waals surface area contributed by atoms with E-state index in [-0.39, 0.29) is 39.4 Å². The lowest BCUT2D eigenvalue weighted by atomic mass is 9.95. The summed E-state index contributed by atoms with van der Waals surface area (Å²) in [7, 11) is 0. The van der Waals surface area contributed by atoms with Gasteiger partial charge in [0.05, 0.1) is 22.3 Å². The minimum Gasteiger partial charge on any atom is -0.478 e. The molecule has 0 aromatic heterocycles. The van der Waals surface area contributed by atoms with Crippen molar-refractivity contribution in [2.75, 3.05) is 16.0 Å². The van der Waals surface area contributed by atoms with Crippen LogP contribution < -0.4 is 25.4 Å². The molecule has 5 N–H and O–H groups in total. The van der Waals surface area contributed by atoms with Crippen LogP contribution in [0.3, 0.4) is 0 Å². The van der Waals surface area contributed by atoms with Crippen LogP contribution >= 0.6 is 0 Å². The number of anilines is 3. The molecule has 6 rings (SSSR count). The highest BCUT2D eigenvalue weighted by Crippen LogP contribution is 2.31. The van der Waals surface area contributed by atoms with Gasteiger partial charge in [0.2, 0.25) is 5.91 Å². The first kappa shape index (κ1) is 39.2. The van der Waals surface area contributed by atoms with E-state index in [1.165, 1.54) is 31.2 Å². The zero-order valence-corrected chi connectivity index (χ0v) is 30.4. The smallest absolute Gasteiger partial charge is 0.336 e. The Bertz CT molecular complexity index is 2680. The normalized spacial score (nSPS) is 10.3. The van der Waals surface area contributed by atoms with Crippen molar-refractivity contribution >= 4 is 52.5 Å². The number of nitrogens with one attached hydrogen (secondary N) is 3. The summed E-state index contributed by atoms with van der Waals surface area (Å²) in [6, 6.07) is 33.1. The molecule has 0 radical (unpaired) electrons. The average molecular weight is 774 g/mol. The maximum absolute atomic E-state index is 13.7. The summed E-state index contributed by atoms with van der Waals surface area (Å²) in [6.45, 7) is 1.40. The lowest BCUT2D eigenvalue weighted by Gasteiger charge is -2.13. The topological polar surface area (TPSA) is 197 Å². The number of benzene rings is 6. The molecule has 0 aliphatic rings. The maximum atomic E-state index is 13.7. The second-order valence-electron chi connectivity index (χ2n) is 12.5. The number of amides is 3. The van der Waals surface area contributed by atoms with Gasteiger partial charge in [0, 0.05) is 58.9 Å². The van der Waals surface area contributed by atoms with Crippen LogP contribution in [0.1, 0.15) is 69.8 Å². The molecular formula is C45H31N3O10. The van der Waals surface area contributed by atoms with E-state index in [4.69, 9.17) is 15.9 Å². The summed E-state index contributed by atoms with van der Waals surface area (Å²) in [5.41, 5.74) is -0.0472. The Morgan fingerprint density at radius 3 is 1.36 bits per heavy atom. The maximum Gasteiger partial charge on any atom is 0.336 e. The van der Waals surface area contributed by atoms with Crippen LogP contribution in [0.15, 0.2) is 133 Å². The van der Waals surface area contributed by atoms with Gasteiger partial charge in [-0.05, 0) is 78.9 Å². The van der Waals surface area contributed by atoms with Crippen molar-refractivity contribution in [2.45, 2.75) is 6.92 Å². The van der Waals surface area contributed by atoms with E-state index in [0.29, 0.717) is 39.9 Å². The number of carboxylic acids is 2. The molecule has 58 heavy (non-hydrogen) atoms. The molecule has 6 aromatic rings. The molecule has 0 atom stereocenters. The minimum absolute atomic E-state index is 0.0974. The van der Waals surface area contributed by atoms with Crippen LogP contribution in [0.4, 0.5) is 17.1 Å². The Labute approximate surface area is 330 Å². The van der Waals surface area contributed by atoms with Gasteiger partial charge in [0.15, 0.2) is 5.78 Å².